The van der Waals surface area contributed by atoms with Crippen molar-refractivity contribution in [2.75, 3.05) is 53.4 Å². The number of halogens is 2. The van der Waals surface area contributed by atoms with Gasteiger partial charge < -0.3 is 20.5 Å². The predicted octanol–water partition coefficient (Wildman–Crippen LogP) is 2.27. The minimum Gasteiger partial charge on any atom is -0.361 e. The molecule has 1 fully saturated rings. The first-order valence-corrected chi connectivity index (χ1v) is 9.73. The van der Waals surface area contributed by atoms with E-state index in [9.17, 15) is 4.39 Å². The van der Waals surface area contributed by atoms with E-state index in [4.69, 9.17) is 4.99 Å². The van der Waals surface area contributed by atoms with Crippen LogP contribution in [-0.2, 0) is 6.42 Å². The molecule has 0 radical (unpaired) electrons. The molecule has 1 atom stereocenters. The number of aromatic amines is 1. The van der Waals surface area contributed by atoms with Gasteiger partial charge in [-0.3, -0.25) is 9.89 Å². The average Bonchev–Trinajstić information content (AvgIpc) is 3.04. The number of benzene rings is 1. The number of hydrogen-bond donors (Lipinski definition) is 3. The number of rotatable bonds is 6. The zero-order valence-electron chi connectivity index (χ0n) is 17.0. The van der Waals surface area contributed by atoms with Crippen molar-refractivity contribution >= 4 is 40.8 Å². The van der Waals surface area contributed by atoms with Gasteiger partial charge in [0.2, 0.25) is 0 Å². The summed E-state index contributed by atoms with van der Waals surface area (Å²) in [5.74, 6) is 0.638. The maximum atomic E-state index is 13.3. The molecule has 0 aliphatic carbocycles. The van der Waals surface area contributed by atoms with E-state index < -0.39 is 0 Å². The van der Waals surface area contributed by atoms with Gasteiger partial charge in [0.1, 0.15) is 5.82 Å². The first-order valence-electron chi connectivity index (χ1n) is 9.73. The van der Waals surface area contributed by atoms with E-state index in [-0.39, 0.29) is 29.8 Å². The number of aliphatic imine (C=N–C) groups is 1. The Balaban J connectivity index is 0.00000280. The van der Waals surface area contributed by atoms with E-state index in [1.807, 2.05) is 12.3 Å². The molecule has 1 aromatic carbocycles. The molecule has 8 heteroatoms. The van der Waals surface area contributed by atoms with E-state index in [2.05, 4.69) is 46.4 Å². The summed E-state index contributed by atoms with van der Waals surface area (Å²) < 4.78 is 13.3. The lowest BCUT2D eigenvalue weighted by atomic mass is 10.1. The molecule has 0 spiro atoms. The Morgan fingerprint density at radius 2 is 2.11 bits per heavy atom. The molecule has 2 heterocycles. The van der Waals surface area contributed by atoms with Crippen LogP contribution in [0.4, 0.5) is 4.39 Å². The van der Waals surface area contributed by atoms with Gasteiger partial charge in [-0.05, 0) is 51.2 Å². The lowest BCUT2D eigenvalue weighted by Crippen LogP contribution is -2.51. The Bertz CT molecular complexity index is 777. The van der Waals surface area contributed by atoms with E-state index in [0.717, 1.165) is 62.6 Å². The third-order valence-electron chi connectivity index (χ3n) is 5.20. The molecular formula is C20H32FIN6. The highest BCUT2D eigenvalue weighted by Gasteiger charge is 2.21. The number of H-pyrrole nitrogens is 1. The quantitative estimate of drug-likeness (QED) is 0.323. The smallest absolute Gasteiger partial charge is 0.191 e. The standard InChI is InChI=1S/C20H31FN6.HI/c1-4-22-20(25-13-17-14-26(2)9-10-27(17)3)23-8-7-15-12-24-19-11-16(21)5-6-18(15)19;/h5-6,11-12,17,24H,4,7-10,13-14H2,1-3H3,(H2,22,23,25);1H. The molecule has 0 amide bonds. The van der Waals surface area contributed by atoms with Crippen molar-refractivity contribution in [1.29, 1.82) is 0 Å². The highest BCUT2D eigenvalue weighted by Crippen LogP contribution is 2.19. The summed E-state index contributed by atoms with van der Waals surface area (Å²) >= 11 is 0. The molecule has 0 bridgehead atoms. The molecule has 3 N–H and O–H groups in total. The van der Waals surface area contributed by atoms with Crippen LogP contribution in [0.25, 0.3) is 10.9 Å². The topological polar surface area (TPSA) is 58.7 Å². The van der Waals surface area contributed by atoms with Crippen LogP contribution in [0.15, 0.2) is 29.4 Å². The fourth-order valence-corrected chi connectivity index (χ4v) is 3.52. The molecule has 2 aromatic rings. The SMILES string of the molecule is CCNC(=NCC1CN(C)CCN1C)NCCc1c[nH]c2cc(F)ccc12.I. The normalized spacial score (nSPS) is 18.9. The Hall–Kier alpha value is -1.39. The van der Waals surface area contributed by atoms with Crippen LogP contribution in [0, 0.1) is 5.82 Å². The second-order valence-electron chi connectivity index (χ2n) is 7.30. The summed E-state index contributed by atoms with van der Waals surface area (Å²) in [5, 5.41) is 7.82. The van der Waals surface area contributed by atoms with Crippen molar-refractivity contribution in [3.8, 4) is 0 Å². The highest BCUT2D eigenvalue weighted by atomic mass is 127. The van der Waals surface area contributed by atoms with E-state index in [0.29, 0.717) is 6.04 Å². The molecule has 6 nitrogen and oxygen atoms in total. The number of nitrogens with zero attached hydrogens (tertiary/aromatic N) is 3. The third kappa shape index (κ3) is 6.05. The molecule has 1 saturated heterocycles. The molecular weight excluding hydrogens is 470 g/mol. The molecule has 0 saturated carbocycles. The first kappa shape index (κ1) is 22.9. The van der Waals surface area contributed by atoms with Crippen molar-refractivity contribution in [1.82, 2.24) is 25.4 Å². The minimum absolute atomic E-state index is 0. The summed E-state index contributed by atoms with van der Waals surface area (Å²) in [4.78, 5) is 12.7. The third-order valence-corrected chi connectivity index (χ3v) is 5.20. The van der Waals surface area contributed by atoms with Crippen LogP contribution in [0.5, 0.6) is 0 Å². The molecule has 1 aliphatic rings. The average molecular weight is 502 g/mol. The van der Waals surface area contributed by atoms with Crippen LogP contribution in [0.1, 0.15) is 12.5 Å². The Morgan fingerprint density at radius 3 is 2.89 bits per heavy atom. The van der Waals surface area contributed by atoms with Gasteiger partial charge in [-0.25, -0.2) is 4.39 Å². The number of guanidine groups is 1. The summed E-state index contributed by atoms with van der Waals surface area (Å²) in [7, 11) is 4.34. The van der Waals surface area contributed by atoms with Crippen LogP contribution >= 0.6 is 24.0 Å². The van der Waals surface area contributed by atoms with Crippen LogP contribution in [0.2, 0.25) is 0 Å². The van der Waals surface area contributed by atoms with E-state index in [1.54, 1.807) is 0 Å². The van der Waals surface area contributed by atoms with Gasteiger partial charge >= 0.3 is 0 Å². The zero-order chi connectivity index (χ0) is 19.2. The number of aromatic nitrogens is 1. The van der Waals surface area contributed by atoms with Crippen LogP contribution in [0.3, 0.4) is 0 Å². The lowest BCUT2D eigenvalue weighted by molar-refractivity contribution is 0.119. The summed E-state index contributed by atoms with van der Waals surface area (Å²) in [6.45, 7) is 7.71. The van der Waals surface area contributed by atoms with Gasteiger partial charge in [-0.2, -0.15) is 0 Å². The van der Waals surface area contributed by atoms with Gasteiger partial charge in [0.25, 0.3) is 0 Å². The predicted molar refractivity (Wildman–Crippen MR) is 125 cm³/mol. The maximum absolute atomic E-state index is 13.3. The molecule has 1 aliphatic heterocycles. The van der Waals surface area contributed by atoms with Crippen molar-refractivity contribution in [2.45, 2.75) is 19.4 Å². The van der Waals surface area contributed by atoms with Gasteiger partial charge in [-0.1, -0.05) is 0 Å². The minimum atomic E-state index is -0.214. The Labute approximate surface area is 184 Å². The van der Waals surface area contributed by atoms with E-state index >= 15 is 0 Å². The van der Waals surface area contributed by atoms with Crippen molar-refractivity contribution in [3.63, 3.8) is 0 Å². The van der Waals surface area contributed by atoms with Gasteiger partial charge in [-0.15, -0.1) is 24.0 Å². The summed E-state index contributed by atoms with van der Waals surface area (Å²) in [6.07, 6.45) is 2.81. The molecule has 1 unspecified atom stereocenters. The second-order valence-corrected chi connectivity index (χ2v) is 7.30. The second kappa shape index (κ2) is 11.0. The van der Waals surface area contributed by atoms with Crippen LogP contribution < -0.4 is 10.6 Å². The molecule has 28 heavy (non-hydrogen) atoms. The van der Waals surface area contributed by atoms with E-state index in [1.165, 1.54) is 17.7 Å². The largest absolute Gasteiger partial charge is 0.361 e. The number of hydrogen-bond acceptors (Lipinski definition) is 3. The molecule has 156 valence electrons. The summed E-state index contributed by atoms with van der Waals surface area (Å²) in [5.41, 5.74) is 2.03. The van der Waals surface area contributed by atoms with Crippen LogP contribution in [-0.4, -0.2) is 80.1 Å². The number of fused-ring (bicyclic) bond motifs is 1. The fraction of sp³-hybridized carbons (Fsp3) is 0.550. The van der Waals surface area contributed by atoms with Crippen molar-refractivity contribution in [2.24, 2.45) is 4.99 Å². The maximum Gasteiger partial charge on any atom is 0.191 e. The Kier molecular flexibility index (Phi) is 8.97. The van der Waals surface area contributed by atoms with Crippen molar-refractivity contribution in [3.05, 3.63) is 35.8 Å². The van der Waals surface area contributed by atoms with Gasteiger partial charge in [0.05, 0.1) is 6.54 Å². The van der Waals surface area contributed by atoms with Crippen molar-refractivity contribution < 1.29 is 4.39 Å². The fourth-order valence-electron chi connectivity index (χ4n) is 3.52. The first-order chi connectivity index (χ1) is 13.1. The highest BCUT2D eigenvalue weighted by molar-refractivity contribution is 14.0. The zero-order valence-corrected chi connectivity index (χ0v) is 19.3. The monoisotopic (exact) mass is 502 g/mol. The lowest BCUT2D eigenvalue weighted by Gasteiger charge is -2.36. The number of nitrogens with one attached hydrogen (secondary N) is 3. The van der Waals surface area contributed by atoms with Gasteiger partial charge in [0.15, 0.2) is 5.96 Å². The number of piperazine rings is 1. The summed E-state index contributed by atoms with van der Waals surface area (Å²) in [6, 6.07) is 5.33. The number of likely N-dealkylation sites (N-methyl/N-ethyl adjacent to an activating group) is 2. The van der Waals surface area contributed by atoms with Gasteiger partial charge in [0, 0.05) is 55.9 Å². The Morgan fingerprint density at radius 1 is 1.29 bits per heavy atom. The molecule has 1 aromatic heterocycles. The molecule has 3 rings (SSSR count).